The molecule has 0 aliphatic carbocycles. The minimum absolute atomic E-state index is 0.386. The van der Waals surface area contributed by atoms with Crippen LogP contribution in [0, 0.1) is 0 Å². The van der Waals surface area contributed by atoms with Gasteiger partial charge >= 0.3 is 5.97 Å². The highest BCUT2D eigenvalue weighted by Gasteiger charge is 2.20. The summed E-state index contributed by atoms with van der Waals surface area (Å²) in [7, 11) is 1.74. The SMILES string of the molecule is CC(OC(=O)c1cccn1C)C(=O)Nc1ccc(Oc2ccccc2)cc1. The molecule has 1 N–H and O–H groups in total. The van der Waals surface area contributed by atoms with E-state index in [0.29, 0.717) is 17.1 Å². The molecule has 6 nitrogen and oxygen atoms in total. The van der Waals surface area contributed by atoms with Crippen LogP contribution in [-0.4, -0.2) is 22.5 Å². The van der Waals surface area contributed by atoms with Crippen molar-refractivity contribution in [3.63, 3.8) is 0 Å². The molecule has 6 heteroatoms. The van der Waals surface area contributed by atoms with Gasteiger partial charge in [0.05, 0.1) is 0 Å². The molecule has 138 valence electrons. The maximum atomic E-state index is 12.3. The lowest BCUT2D eigenvalue weighted by molar-refractivity contribution is -0.123. The second kappa shape index (κ2) is 8.23. The Balaban J connectivity index is 1.55. The fraction of sp³-hybridized carbons (Fsp3) is 0.143. The normalized spacial score (nSPS) is 11.5. The van der Waals surface area contributed by atoms with E-state index in [9.17, 15) is 9.59 Å². The Morgan fingerprint density at radius 1 is 0.926 bits per heavy atom. The summed E-state index contributed by atoms with van der Waals surface area (Å²) in [5.74, 6) is 0.434. The summed E-state index contributed by atoms with van der Waals surface area (Å²) < 4.78 is 12.6. The number of nitrogens with zero attached hydrogens (tertiary/aromatic N) is 1. The van der Waals surface area contributed by atoms with E-state index in [-0.39, 0.29) is 0 Å². The summed E-state index contributed by atoms with van der Waals surface area (Å²) in [6, 6.07) is 19.7. The van der Waals surface area contributed by atoms with Gasteiger partial charge in [-0.3, -0.25) is 4.79 Å². The van der Waals surface area contributed by atoms with Crippen molar-refractivity contribution >= 4 is 17.6 Å². The van der Waals surface area contributed by atoms with E-state index in [2.05, 4.69) is 5.32 Å². The number of hydrogen-bond acceptors (Lipinski definition) is 4. The molecule has 3 rings (SSSR count). The van der Waals surface area contributed by atoms with Gasteiger partial charge in [-0.05, 0) is 55.5 Å². The van der Waals surface area contributed by atoms with Crippen molar-refractivity contribution in [2.24, 2.45) is 7.05 Å². The van der Waals surface area contributed by atoms with E-state index < -0.39 is 18.0 Å². The van der Waals surface area contributed by atoms with Gasteiger partial charge in [0.1, 0.15) is 17.2 Å². The number of amides is 1. The molecule has 1 amide bonds. The molecular weight excluding hydrogens is 344 g/mol. The Bertz CT molecular complexity index is 917. The predicted octanol–water partition coefficient (Wildman–Crippen LogP) is 4.00. The van der Waals surface area contributed by atoms with Crippen LogP contribution in [0.2, 0.25) is 0 Å². The van der Waals surface area contributed by atoms with E-state index in [1.807, 2.05) is 30.3 Å². The van der Waals surface area contributed by atoms with E-state index >= 15 is 0 Å². The zero-order valence-corrected chi connectivity index (χ0v) is 15.1. The number of aryl methyl sites for hydroxylation is 1. The Morgan fingerprint density at radius 3 is 2.22 bits per heavy atom. The average Bonchev–Trinajstić information content (AvgIpc) is 3.10. The highest BCUT2D eigenvalue weighted by molar-refractivity contribution is 5.96. The minimum Gasteiger partial charge on any atom is -0.457 e. The smallest absolute Gasteiger partial charge is 0.355 e. The molecule has 0 radical (unpaired) electrons. The van der Waals surface area contributed by atoms with Gasteiger partial charge in [-0.15, -0.1) is 0 Å². The van der Waals surface area contributed by atoms with E-state index in [1.54, 1.807) is 54.2 Å². The minimum atomic E-state index is -0.923. The van der Waals surface area contributed by atoms with Crippen LogP contribution >= 0.6 is 0 Å². The summed E-state index contributed by atoms with van der Waals surface area (Å²) in [4.78, 5) is 24.3. The Labute approximate surface area is 157 Å². The number of hydrogen-bond donors (Lipinski definition) is 1. The van der Waals surface area contributed by atoms with Crippen molar-refractivity contribution in [1.82, 2.24) is 4.57 Å². The molecule has 1 aromatic heterocycles. The molecule has 0 fully saturated rings. The van der Waals surface area contributed by atoms with Crippen LogP contribution in [0.5, 0.6) is 11.5 Å². The van der Waals surface area contributed by atoms with Crippen molar-refractivity contribution < 1.29 is 19.1 Å². The van der Waals surface area contributed by atoms with Gasteiger partial charge < -0.3 is 19.4 Å². The van der Waals surface area contributed by atoms with Gasteiger partial charge in [0.2, 0.25) is 0 Å². The quantitative estimate of drug-likeness (QED) is 0.671. The van der Waals surface area contributed by atoms with Gasteiger partial charge in [-0.25, -0.2) is 4.79 Å². The van der Waals surface area contributed by atoms with Crippen molar-refractivity contribution in [3.8, 4) is 11.5 Å². The first-order valence-electron chi connectivity index (χ1n) is 8.49. The number of nitrogens with one attached hydrogen (secondary N) is 1. The van der Waals surface area contributed by atoms with Crippen LogP contribution in [0.1, 0.15) is 17.4 Å². The lowest BCUT2D eigenvalue weighted by Crippen LogP contribution is -2.30. The lowest BCUT2D eigenvalue weighted by atomic mass is 10.2. The number of para-hydroxylation sites is 1. The number of esters is 1. The number of carbonyl (C=O) groups is 2. The molecule has 1 heterocycles. The van der Waals surface area contributed by atoms with Gasteiger partial charge in [0.25, 0.3) is 5.91 Å². The third kappa shape index (κ3) is 4.76. The molecule has 0 aliphatic heterocycles. The van der Waals surface area contributed by atoms with Gasteiger partial charge in [-0.2, -0.15) is 0 Å². The molecule has 0 bridgehead atoms. The van der Waals surface area contributed by atoms with Crippen LogP contribution in [-0.2, 0) is 16.6 Å². The summed E-state index contributed by atoms with van der Waals surface area (Å²) in [5, 5.41) is 2.72. The lowest BCUT2D eigenvalue weighted by Gasteiger charge is -2.14. The fourth-order valence-corrected chi connectivity index (χ4v) is 2.42. The monoisotopic (exact) mass is 364 g/mol. The molecular formula is C21H20N2O4. The van der Waals surface area contributed by atoms with Crippen molar-refractivity contribution in [3.05, 3.63) is 78.6 Å². The largest absolute Gasteiger partial charge is 0.457 e. The van der Waals surface area contributed by atoms with E-state index in [1.165, 1.54) is 6.92 Å². The Morgan fingerprint density at radius 2 is 1.59 bits per heavy atom. The molecule has 2 aromatic carbocycles. The highest BCUT2D eigenvalue weighted by atomic mass is 16.5. The first-order chi connectivity index (χ1) is 13.0. The summed E-state index contributed by atoms with van der Waals surface area (Å²) in [6.07, 6.45) is 0.813. The fourth-order valence-electron chi connectivity index (χ4n) is 2.42. The molecule has 0 spiro atoms. The molecule has 1 atom stereocenters. The van der Waals surface area contributed by atoms with Gasteiger partial charge in [0, 0.05) is 18.9 Å². The number of benzene rings is 2. The zero-order valence-electron chi connectivity index (χ0n) is 15.1. The zero-order chi connectivity index (χ0) is 19.2. The number of carbonyl (C=O) groups excluding carboxylic acids is 2. The summed E-state index contributed by atoms with van der Waals surface area (Å²) in [5.41, 5.74) is 0.972. The molecule has 27 heavy (non-hydrogen) atoms. The number of aromatic nitrogens is 1. The predicted molar refractivity (Wildman–Crippen MR) is 102 cm³/mol. The third-order valence-electron chi connectivity index (χ3n) is 3.91. The van der Waals surface area contributed by atoms with Crippen molar-refractivity contribution in [2.75, 3.05) is 5.32 Å². The summed E-state index contributed by atoms with van der Waals surface area (Å²) in [6.45, 7) is 1.53. The third-order valence-corrected chi connectivity index (χ3v) is 3.91. The molecule has 1 unspecified atom stereocenters. The number of ether oxygens (including phenoxy) is 2. The topological polar surface area (TPSA) is 69.6 Å². The van der Waals surface area contributed by atoms with Crippen molar-refractivity contribution in [2.45, 2.75) is 13.0 Å². The highest BCUT2D eigenvalue weighted by Crippen LogP contribution is 2.22. The van der Waals surface area contributed by atoms with Gasteiger partial charge in [-0.1, -0.05) is 18.2 Å². The first-order valence-corrected chi connectivity index (χ1v) is 8.49. The molecule has 0 saturated heterocycles. The number of rotatable bonds is 6. The molecule has 0 saturated carbocycles. The maximum absolute atomic E-state index is 12.3. The summed E-state index contributed by atoms with van der Waals surface area (Å²) >= 11 is 0. The van der Waals surface area contributed by atoms with E-state index in [4.69, 9.17) is 9.47 Å². The second-order valence-corrected chi connectivity index (χ2v) is 5.98. The van der Waals surface area contributed by atoms with Gasteiger partial charge in [0.15, 0.2) is 6.10 Å². The number of anilines is 1. The Hall–Kier alpha value is -3.54. The second-order valence-electron chi connectivity index (χ2n) is 5.98. The molecule has 0 aliphatic rings. The van der Waals surface area contributed by atoms with Crippen LogP contribution < -0.4 is 10.1 Å². The standard InChI is InChI=1S/C21H20N2O4/c1-15(26-21(25)19-9-6-14-23(19)2)20(24)22-16-10-12-18(13-11-16)27-17-7-4-3-5-8-17/h3-15H,1-2H3,(H,22,24). The average molecular weight is 364 g/mol. The first kappa shape index (κ1) is 18.3. The van der Waals surface area contributed by atoms with Crippen LogP contribution in [0.25, 0.3) is 0 Å². The molecule has 3 aromatic rings. The van der Waals surface area contributed by atoms with Crippen LogP contribution in [0.4, 0.5) is 5.69 Å². The van der Waals surface area contributed by atoms with Crippen molar-refractivity contribution in [1.29, 1.82) is 0 Å². The Kier molecular flexibility index (Phi) is 5.56. The van der Waals surface area contributed by atoms with Crippen LogP contribution in [0.15, 0.2) is 72.9 Å². The maximum Gasteiger partial charge on any atom is 0.355 e. The van der Waals surface area contributed by atoms with E-state index in [0.717, 1.165) is 5.75 Å². The van der Waals surface area contributed by atoms with Crippen LogP contribution in [0.3, 0.4) is 0 Å².